The summed E-state index contributed by atoms with van der Waals surface area (Å²) in [5.41, 5.74) is 6.45. The second-order valence-electron chi connectivity index (χ2n) is 6.27. The van der Waals surface area contributed by atoms with E-state index in [1.807, 2.05) is 6.92 Å². The fraction of sp³-hybridized carbons (Fsp3) is 0.875. The van der Waals surface area contributed by atoms with Gasteiger partial charge in [-0.3, -0.25) is 9.59 Å². The van der Waals surface area contributed by atoms with Gasteiger partial charge >= 0.3 is 11.9 Å². The first kappa shape index (κ1) is 18.4. The molecule has 0 amide bonds. The molecule has 0 aromatic heterocycles. The summed E-state index contributed by atoms with van der Waals surface area (Å²) in [6.45, 7) is 5.06. The molecule has 136 valence electrons. The average molecular weight is 376 g/mol. The van der Waals surface area contributed by atoms with Crippen LogP contribution < -0.4 is 5.73 Å². The van der Waals surface area contributed by atoms with Crippen molar-refractivity contribution in [3.05, 3.63) is 0 Å². The molecule has 6 nitrogen and oxygen atoms in total. The summed E-state index contributed by atoms with van der Waals surface area (Å²) in [6.07, 6.45) is 1.96. The van der Waals surface area contributed by atoms with Crippen LogP contribution in [0.15, 0.2) is 0 Å². The molecule has 3 aliphatic rings. The van der Waals surface area contributed by atoms with Gasteiger partial charge in [0.05, 0.1) is 23.9 Å². The van der Waals surface area contributed by atoms with Gasteiger partial charge < -0.3 is 19.9 Å². The lowest BCUT2D eigenvalue weighted by Gasteiger charge is -2.30. The molecule has 3 fully saturated rings. The molecule has 0 bridgehead atoms. The third-order valence-electron chi connectivity index (χ3n) is 4.90. The van der Waals surface area contributed by atoms with E-state index in [0.29, 0.717) is 13.2 Å². The van der Waals surface area contributed by atoms with Crippen LogP contribution >= 0.6 is 23.5 Å². The molecular formula is C16H25NO5S2. The van der Waals surface area contributed by atoms with Crippen LogP contribution in [0.5, 0.6) is 0 Å². The van der Waals surface area contributed by atoms with Crippen molar-refractivity contribution in [3.63, 3.8) is 0 Å². The first-order valence-corrected chi connectivity index (χ1v) is 10.5. The largest absolute Gasteiger partial charge is 0.465 e. The van der Waals surface area contributed by atoms with Gasteiger partial charge in [0, 0.05) is 24.5 Å². The van der Waals surface area contributed by atoms with E-state index in [1.54, 1.807) is 18.7 Å². The smallest absolute Gasteiger partial charge is 0.320 e. The predicted octanol–water partition coefficient (Wildman–Crippen LogP) is 1.41. The van der Waals surface area contributed by atoms with Crippen LogP contribution in [0.4, 0.5) is 0 Å². The molecule has 2 N–H and O–H groups in total. The van der Waals surface area contributed by atoms with Crippen molar-refractivity contribution >= 4 is 35.5 Å². The zero-order chi connectivity index (χ0) is 17.3. The molecule has 3 aliphatic heterocycles. The quantitative estimate of drug-likeness (QED) is 0.722. The van der Waals surface area contributed by atoms with Crippen LogP contribution in [0, 0.1) is 11.8 Å². The maximum atomic E-state index is 12.4. The molecule has 24 heavy (non-hydrogen) atoms. The molecule has 3 rings (SSSR count). The van der Waals surface area contributed by atoms with Crippen molar-refractivity contribution in [3.8, 4) is 0 Å². The molecule has 7 atom stereocenters. The third kappa shape index (κ3) is 3.30. The highest BCUT2D eigenvalue weighted by atomic mass is 32.2. The summed E-state index contributed by atoms with van der Waals surface area (Å²) in [5.74, 6) is -0.364. The Bertz CT molecular complexity index is 485. The summed E-state index contributed by atoms with van der Waals surface area (Å²) < 4.78 is 16.4. The van der Waals surface area contributed by atoms with E-state index in [-0.39, 0.29) is 51.0 Å². The number of hydrogen-bond donors (Lipinski definition) is 1. The van der Waals surface area contributed by atoms with Gasteiger partial charge in [0.1, 0.15) is 10.5 Å². The van der Waals surface area contributed by atoms with Gasteiger partial charge in [0.15, 0.2) is 0 Å². The van der Waals surface area contributed by atoms with E-state index in [1.165, 1.54) is 11.8 Å². The number of carbonyl (C=O) groups is 2. The average Bonchev–Trinajstić information content (AvgIpc) is 3.24. The minimum absolute atomic E-state index is 0.00322. The van der Waals surface area contributed by atoms with Crippen molar-refractivity contribution in [1.82, 2.24) is 0 Å². The Hall–Kier alpha value is -0.440. The van der Waals surface area contributed by atoms with E-state index in [2.05, 4.69) is 0 Å². The van der Waals surface area contributed by atoms with Crippen LogP contribution in [0.3, 0.4) is 0 Å². The SMILES string of the molecule is CCOC(=O)C1SC2SC(C(=O)OCC)C(C3CCCO3)C2C1N. The number of carbonyl (C=O) groups excluding carboxylic acids is 2. The summed E-state index contributed by atoms with van der Waals surface area (Å²) in [7, 11) is 0. The minimum atomic E-state index is -0.362. The van der Waals surface area contributed by atoms with Gasteiger partial charge in [0.2, 0.25) is 0 Å². The number of nitrogens with two attached hydrogens (primary N) is 1. The predicted molar refractivity (Wildman–Crippen MR) is 93.7 cm³/mol. The minimum Gasteiger partial charge on any atom is -0.465 e. The van der Waals surface area contributed by atoms with Crippen LogP contribution in [-0.2, 0) is 23.8 Å². The summed E-state index contributed by atoms with van der Waals surface area (Å²) in [6, 6.07) is -0.319. The van der Waals surface area contributed by atoms with E-state index in [9.17, 15) is 9.59 Å². The fourth-order valence-electron chi connectivity index (χ4n) is 3.93. The molecular weight excluding hydrogens is 350 g/mol. The van der Waals surface area contributed by atoms with Gasteiger partial charge in [0.25, 0.3) is 0 Å². The van der Waals surface area contributed by atoms with E-state index in [4.69, 9.17) is 19.9 Å². The summed E-state index contributed by atoms with van der Waals surface area (Å²) >= 11 is 3.13. The highest BCUT2D eigenvalue weighted by Crippen LogP contribution is 2.58. The third-order valence-corrected chi connectivity index (χ3v) is 8.33. The van der Waals surface area contributed by atoms with Crippen LogP contribution in [0.2, 0.25) is 0 Å². The zero-order valence-electron chi connectivity index (χ0n) is 14.0. The van der Waals surface area contributed by atoms with Crippen LogP contribution in [0.1, 0.15) is 26.7 Å². The van der Waals surface area contributed by atoms with Crippen molar-refractivity contribution < 1.29 is 23.8 Å². The lowest BCUT2D eigenvalue weighted by atomic mass is 9.80. The van der Waals surface area contributed by atoms with Gasteiger partial charge in [-0.25, -0.2) is 0 Å². The monoisotopic (exact) mass is 375 g/mol. The standard InChI is InChI=1S/C16H25NO5S2/c1-3-20-14(18)12-9(8-6-5-7-22-8)10-11(17)13(15(19)21-4-2)24-16(10)23-12/h8-13,16H,3-7,17H2,1-2H3. The first-order chi connectivity index (χ1) is 11.6. The van der Waals surface area contributed by atoms with Gasteiger partial charge in [-0.2, -0.15) is 0 Å². The Morgan fingerprint density at radius 3 is 2.29 bits per heavy atom. The molecule has 8 heteroatoms. The molecule has 0 radical (unpaired) electrons. The molecule has 0 aromatic carbocycles. The lowest BCUT2D eigenvalue weighted by Crippen LogP contribution is -2.47. The number of thioether (sulfide) groups is 2. The van der Waals surface area contributed by atoms with Crippen molar-refractivity contribution in [2.75, 3.05) is 19.8 Å². The normalized spacial score (nSPS) is 41.2. The molecule has 3 saturated heterocycles. The Morgan fingerprint density at radius 2 is 1.71 bits per heavy atom. The Morgan fingerprint density at radius 1 is 1.08 bits per heavy atom. The van der Waals surface area contributed by atoms with Gasteiger partial charge in [-0.1, -0.05) is 0 Å². The molecule has 3 heterocycles. The van der Waals surface area contributed by atoms with Gasteiger partial charge in [-0.15, -0.1) is 23.5 Å². The summed E-state index contributed by atoms with van der Waals surface area (Å²) in [5, 5.41) is -0.621. The molecule has 0 aromatic rings. The van der Waals surface area contributed by atoms with Crippen LogP contribution in [-0.4, -0.2) is 59.0 Å². The number of fused-ring (bicyclic) bond motifs is 1. The van der Waals surface area contributed by atoms with E-state index in [0.717, 1.165) is 19.4 Å². The second kappa shape index (κ2) is 7.85. The number of rotatable bonds is 5. The zero-order valence-corrected chi connectivity index (χ0v) is 15.6. The Balaban J connectivity index is 1.80. The van der Waals surface area contributed by atoms with Gasteiger partial charge in [-0.05, 0) is 26.7 Å². The highest BCUT2D eigenvalue weighted by Gasteiger charge is 2.60. The van der Waals surface area contributed by atoms with E-state index >= 15 is 0 Å². The number of ether oxygens (including phenoxy) is 3. The van der Waals surface area contributed by atoms with Crippen LogP contribution in [0.25, 0.3) is 0 Å². The second-order valence-corrected chi connectivity index (χ2v) is 9.14. The Labute approximate surface area is 150 Å². The first-order valence-electron chi connectivity index (χ1n) is 8.59. The number of esters is 2. The molecule has 0 aliphatic carbocycles. The highest BCUT2D eigenvalue weighted by molar-refractivity contribution is 8.18. The maximum Gasteiger partial charge on any atom is 0.320 e. The molecule has 0 saturated carbocycles. The van der Waals surface area contributed by atoms with Crippen molar-refractivity contribution in [2.45, 2.75) is 53.9 Å². The lowest BCUT2D eigenvalue weighted by molar-refractivity contribution is -0.144. The van der Waals surface area contributed by atoms with E-state index < -0.39 is 0 Å². The topological polar surface area (TPSA) is 87.9 Å². The van der Waals surface area contributed by atoms with Crippen molar-refractivity contribution in [1.29, 1.82) is 0 Å². The molecule has 7 unspecified atom stereocenters. The fourth-order valence-corrected chi connectivity index (χ4v) is 7.83. The number of hydrogen-bond acceptors (Lipinski definition) is 8. The summed E-state index contributed by atoms with van der Waals surface area (Å²) in [4.78, 5) is 24.6. The maximum absolute atomic E-state index is 12.4. The van der Waals surface area contributed by atoms with Crippen molar-refractivity contribution in [2.24, 2.45) is 17.6 Å². The molecule has 0 spiro atoms. The Kier molecular flexibility index (Phi) is 6.00.